The summed E-state index contributed by atoms with van der Waals surface area (Å²) in [5.41, 5.74) is 4.74. The predicted molar refractivity (Wildman–Crippen MR) is 133 cm³/mol. The Hall–Kier alpha value is -2.85. The van der Waals surface area contributed by atoms with Crippen molar-refractivity contribution in [3.05, 3.63) is 64.4 Å². The average molecular weight is 507 g/mol. The highest BCUT2D eigenvalue weighted by molar-refractivity contribution is 7.99. The zero-order valence-corrected chi connectivity index (χ0v) is 20.1. The number of carbonyl (C=O) groups excluding carboxylic acids is 1. The van der Waals surface area contributed by atoms with Crippen LogP contribution in [0.15, 0.2) is 58.5 Å². The third kappa shape index (κ3) is 7.57. The molecule has 0 bridgehead atoms. The minimum absolute atomic E-state index is 0.0498. The monoisotopic (exact) mass is 506 g/mol. The first-order chi connectivity index (χ1) is 16.8. The van der Waals surface area contributed by atoms with Gasteiger partial charge in [0.2, 0.25) is 5.91 Å². The van der Waals surface area contributed by atoms with Gasteiger partial charge in [-0.1, -0.05) is 42.8 Å². The van der Waals surface area contributed by atoms with Crippen molar-refractivity contribution in [2.75, 3.05) is 18.8 Å². The number of hydrogen-bond donors (Lipinski definition) is 2. The molecule has 3 rings (SSSR count). The Morgan fingerprint density at radius 1 is 1.03 bits per heavy atom. The van der Waals surface area contributed by atoms with Crippen molar-refractivity contribution in [2.45, 2.75) is 49.9 Å². The van der Waals surface area contributed by atoms with Gasteiger partial charge < -0.3 is 11.1 Å². The number of aromatic nitrogens is 2. The number of amides is 1. The lowest BCUT2D eigenvalue weighted by Gasteiger charge is -2.15. The molecule has 0 fully saturated rings. The van der Waals surface area contributed by atoms with Crippen LogP contribution in [0.3, 0.4) is 0 Å². The first-order valence-electron chi connectivity index (χ1n) is 11.6. The summed E-state index contributed by atoms with van der Waals surface area (Å²) in [6.45, 7) is 1.30. The molecule has 1 amide bonds. The van der Waals surface area contributed by atoms with Crippen LogP contribution in [0.4, 0.5) is 13.2 Å². The van der Waals surface area contributed by atoms with Crippen molar-refractivity contribution in [3.8, 4) is 5.69 Å². The Balaban J connectivity index is 1.71. The summed E-state index contributed by atoms with van der Waals surface area (Å²) in [6.07, 6.45) is 0.287. The second-order valence-electron chi connectivity index (χ2n) is 8.11. The molecule has 0 spiro atoms. The minimum Gasteiger partial charge on any atom is -0.356 e. The molecular formula is C25H29F3N4O2S. The van der Waals surface area contributed by atoms with Crippen LogP contribution in [0.25, 0.3) is 16.6 Å². The molecule has 0 radical (unpaired) electrons. The lowest BCUT2D eigenvalue weighted by molar-refractivity contribution is -0.137. The number of unbranched alkanes of at least 4 members (excludes halogenated alkanes) is 3. The van der Waals surface area contributed by atoms with Gasteiger partial charge in [-0.15, -0.1) is 0 Å². The number of fused-ring (bicyclic) bond motifs is 1. The lowest BCUT2D eigenvalue weighted by atomic mass is 10.2. The van der Waals surface area contributed by atoms with Crippen LogP contribution >= 0.6 is 11.8 Å². The van der Waals surface area contributed by atoms with E-state index in [2.05, 4.69) is 10.3 Å². The van der Waals surface area contributed by atoms with Crippen LogP contribution in [0, 0.1) is 0 Å². The highest BCUT2D eigenvalue weighted by Gasteiger charge is 2.31. The van der Waals surface area contributed by atoms with E-state index in [4.69, 9.17) is 5.73 Å². The topological polar surface area (TPSA) is 90.0 Å². The van der Waals surface area contributed by atoms with Crippen molar-refractivity contribution < 1.29 is 18.0 Å². The first-order valence-corrected chi connectivity index (χ1v) is 12.6. The van der Waals surface area contributed by atoms with Crippen LogP contribution in [0.1, 0.15) is 44.1 Å². The molecule has 188 valence electrons. The van der Waals surface area contributed by atoms with E-state index in [0.717, 1.165) is 37.8 Å². The van der Waals surface area contributed by atoms with Gasteiger partial charge in [-0.3, -0.25) is 14.2 Å². The number of halogens is 3. The van der Waals surface area contributed by atoms with E-state index in [-0.39, 0.29) is 16.8 Å². The van der Waals surface area contributed by atoms with E-state index in [0.29, 0.717) is 42.6 Å². The third-order valence-electron chi connectivity index (χ3n) is 5.41. The largest absolute Gasteiger partial charge is 0.416 e. The van der Waals surface area contributed by atoms with E-state index in [9.17, 15) is 22.8 Å². The van der Waals surface area contributed by atoms with Gasteiger partial charge >= 0.3 is 6.18 Å². The molecule has 1 heterocycles. The fraction of sp³-hybridized carbons (Fsp3) is 0.400. The molecule has 6 nitrogen and oxygen atoms in total. The number of carbonyl (C=O) groups is 1. The summed E-state index contributed by atoms with van der Waals surface area (Å²) >= 11 is 1.24. The Kier molecular flexibility index (Phi) is 9.73. The van der Waals surface area contributed by atoms with Gasteiger partial charge in [-0.2, -0.15) is 13.2 Å². The van der Waals surface area contributed by atoms with E-state index in [1.54, 1.807) is 24.3 Å². The number of hydrogen-bond acceptors (Lipinski definition) is 5. The Morgan fingerprint density at radius 2 is 1.80 bits per heavy atom. The van der Waals surface area contributed by atoms with E-state index in [1.807, 2.05) is 0 Å². The number of thioether (sulfide) groups is 1. The van der Waals surface area contributed by atoms with E-state index < -0.39 is 17.3 Å². The van der Waals surface area contributed by atoms with E-state index >= 15 is 0 Å². The number of nitrogens with one attached hydrogen (secondary N) is 1. The molecule has 0 unspecified atom stereocenters. The van der Waals surface area contributed by atoms with Gasteiger partial charge in [0.05, 0.1) is 22.2 Å². The van der Waals surface area contributed by atoms with Gasteiger partial charge in [0.1, 0.15) is 0 Å². The fourth-order valence-corrected chi connectivity index (χ4v) is 4.55. The quantitative estimate of drug-likeness (QED) is 0.207. The second-order valence-corrected chi connectivity index (χ2v) is 9.17. The summed E-state index contributed by atoms with van der Waals surface area (Å²) < 4.78 is 41.0. The summed E-state index contributed by atoms with van der Waals surface area (Å²) in [5, 5.41) is 3.50. The Bertz CT molecular complexity index is 1200. The highest BCUT2D eigenvalue weighted by atomic mass is 32.2. The summed E-state index contributed by atoms with van der Waals surface area (Å²) in [5.74, 6) is 0.430. The summed E-state index contributed by atoms with van der Waals surface area (Å²) in [7, 11) is 0. The normalized spacial score (nSPS) is 11.7. The van der Waals surface area contributed by atoms with Gasteiger partial charge in [0.25, 0.3) is 5.56 Å². The maximum absolute atomic E-state index is 13.3. The molecule has 0 aliphatic carbocycles. The SMILES string of the molecule is NCCCCCCNC(=O)CCCSc1nc2ccccc2c(=O)n1-c1cccc(C(F)(F)F)c1. The molecule has 0 saturated carbocycles. The van der Waals surface area contributed by atoms with Crippen LogP contribution in [-0.4, -0.2) is 34.3 Å². The molecule has 35 heavy (non-hydrogen) atoms. The van der Waals surface area contributed by atoms with Crippen molar-refractivity contribution >= 4 is 28.6 Å². The standard InChI is InChI=1S/C25H29F3N4O2S/c26-25(27,28)18-9-7-10-19(17-18)32-23(34)20-11-3-4-12-21(20)31-24(32)35-16-8-13-22(33)30-15-6-2-1-5-14-29/h3-4,7,9-12,17H,1-2,5-6,8,13-16,29H2,(H,30,33). The number of alkyl halides is 3. The molecule has 1 aromatic heterocycles. The summed E-state index contributed by atoms with van der Waals surface area (Å²) in [6, 6.07) is 11.4. The van der Waals surface area contributed by atoms with Gasteiger partial charge in [0, 0.05) is 18.7 Å². The van der Waals surface area contributed by atoms with Crippen molar-refractivity contribution in [3.63, 3.8) is 0 Å². The maximum atomic E-state index is 13.3. The molecule has 0 aliphatic rings. The fourth-order valence-electron chi connectivity index (χ4n) is 3.59. The zero-order valence-electron chi connectivity index (χ0n) is 19.3. The number of para-hydroxylation sites is 1. The number of nitrogens with zero attached hydrogens (tertiary/aromatic N) is 2. The first kappa shape index (κ1) is 26.7. The van der Waals surface area contributed by atoms with Gasteiger partial charge in [-0.25, -0.2) is 4.98 Å². The molecule has 10 heteroatoms. The average Bonchev–Trinajstić information content (AvgIpc) is 2.84. The molecule has 3 aromatic rings. The zero-order chi connectivity index (χ0) is 25.3. The van der Waals surface area contributed by atoms with Crippen molar-refractivity contribution in [1.82, 2.24) is 14.9 Å². The number of nitrogens with two attached hydrogens (primary N) is 1. The van der Waals surface area contributed by atoms with Crippen molar-refractivity contribution in [1.29, 1.82) is 0 Å². The molecule has 2 aromatic carbocycles. The van der Waals surface area contributed by atoms with E-state index in [1.165, 1.54) is 28.5 Å². The second kappa shape index (κ2) is 12.7. The minimum atomic E-state index is -4.53. The maximum Gasteiger partial charge on any atom is 0.416 e. The van der Waals surface area contributed by atoms with Crippen LogP contribution in [0.2, 0.25) is 0 Å². The van der Waals surface area contributed by atoms with Gasteiger partial charge in [-0.05, 0) is 56.1 Å². The molecule has 0 atom stereocenters. The predicted octanol–water partition coefficient (Wildman–Crippen LogP) is 4.91. The summed E-state index contributed by atoms with van der Waals surface area (Å²) in [4.78, 5) is 29.8. The van der Waals surface area contributed by atoms with Crippen LogP contribution in [-0.2, 0) is 11.0 Å². The van der Waals surface area contributed by atoms with Crippen LogP contribution < -0.4 is 16.6 Å². The lowest BCUT2D eigenvalue weighted by Crippen LogP contribution is -2.24. The third-order valence-corrected chi connectivity index (χ3v) is 6.43. The highest BCUT2D eigenvalue weighted by Crippen LogP contribution is 2.31. The Morgan fingerprint density at radius 3 is 2.57 bits per heavy atom. The molecular weight excluding hydrogens is 477 g/mol. The Labute approximate surface area is 206 Å². The van der Waals surface area contributed by atoms with Crippen molar-refractivity contribution in [2.24, 2.45) is 5.73 Å². The number of benzene rings is 2. The smallest absolute Gasteiger partial charge is 0.356 e. The number of rotatable bonds is 12. The molecule has 0 aliphatic heterocycles. The van der Waals surface area contributed by atoms with Gasteiger partial charge in [0.15, 0.2) is 5.16 Å². The molecule has 0 saturated heterocycles. The van der Waals surface area contributed by atoms with Crippen LogP contribution in [0.5, 0.6) is 0 Å². The molecule has 3 N–H and O–H groups in total.